The molecule has 6 heteroatoms. The number of amides is 1. The summed E-state index contributed by atoms with van der Waals surface area (Å²) in [6.45, 7) is 6.12. The van der Waals surface area contributed by atoms with Gasteiger partial charge in [-0.05, 0) is 37.0 Å². The maximum Gasteiger partial charge on any atom is 0.290 e. The normalized spacial score (nSPS) is 17.8. The highest BCUT2D eigenvalue weighted by molar-refractivity contribution is 6.08. The van der Waals surface area contributed by atoms with Crippen molar-refractivity contribution in [2.75, 3.05) is 20.8 Å². The Morgan fingerprint density at radius 2 is 1.89 bits per heavy atom. The van der Waals surface area contributed by atoms with Crippen molar-refractivity contribution in [2.45, 2.75) is 52.5 Å². The van der Waals surface area contributed by atoms with E-state index in [1.807, 2.05) is 0 Å². The molecule has 0 spiro atoms. The van der Waals surface area contributed by atoms with Gasteiger partial charge in [0.25, 0.3) is 5.91 Å². The minimum absolute atomic E-state index is 0.141. The molecule has 2 atom stereocenters. The quantitative estimate of drug-likeness (QED) is 0.649. The van der Waals surface area contributed by atoms with Crippen LogP contribution >= 0.6 is 0 Å². The Morgan fingerprint density at radius 3 is 2.43 bits per heavy atom. The second-order valence-electron chi connectivity index (χ2n) is 7.21. The maximum absolute atomic E-state index is 12.8. The van der Waals surface area contributed by atoms with Crippen LogP contribution in [0, 0.1) is 5.92 Å². The van der Waals surface area contributed by atoms with Crippen LogP contribution in [0.25, 0.3) is 0 Å². The number of Topliss-reactive ketones (excluding diaryl/α,β-unsaturated/α-hetero) is 1. The first-order valence-electron chi connectivity index (χ1n) is 9.86. The minimum Gasteiger partial charge on any atom is -0.503 e. The smallest absolute Gasteiger partial charge is 0.290 e. The van der Waals surface area contributed by atoms with E-state index in [0.717, 1.165) is 25.7 Å². The average molecular weight is 389 g/mol. The molecule has 2 rings (SSSR count). The zero-order valence-corrected chi connectivity index (χ0v) is 17.4. The third kappa shape index (κ3) is 4.32. The molecule has 0 bridgehead atoms. The van der Waals surface area contributed by atoms with Gasteiger partial charge in [-0.3, -0.25) is 9.59 Å². The Hall–Kier alpha value is -2.50. The molecule has 1 heterocycles. The van der Waals surface area contributed by atoms with Gasteiger partial charge in [0.1, 0.15) is 0 Å². The number of carbonyl (C=O) groups is 2. The van der Waals surface area contributed by atoms with Gasteiger partial charge in [-0.15, -0.1) is 0 Å². The first-order valence-corrected chi connectivity index (χ1v) is 9.86. The molecule has 0 aliphatic carbocycles. The molecule has 1 aliphatic heterocycles. The summed E-state index contributed by atoms with van der Waals surface area (Å²) < 4.78 is 10.7. The topological polar surface area (TPSA) is 76.1 Å². The summed E-state index contributed by atoms with van der Waals surface area (Å²) in [6, 6.07) is 4.69. The van der Waals surface area contributed by atoms with E-state index in [9.17, 15) is 14.7 Å². The molecule has 1 aromatic carbocycles. The minimum atomic E-state index is -0.625. The van der Waals surface area contributed by atoms with E-state index in [4.69, 9.17) is 9.47 Å². The van der Waals surface area contributed by atoms with Crippen molar-refractivity contribution in [3.05, 3.63) is 35.1 Å². The molecule has 1 N–H and O–H groups in total. The van der Waals surface area contributed by atoms with E-state index in [1.54, 1.807) is 30.2 Å². The molecule has 1 aromatic rings. The molecular weight excluding hydrogens is 358 g/mol. The lowest BCUT2D eigenvalue weighted by molar-refractivity contribution is -0.130. The van der Waals surface area contributed by atoms with Crippen LogP contribution in [0.2, 0.25) is 0 Å². The predicted molar refractivity (Wildman–Crippen MR) is 108 cm³/mol. The van der Waals surface area contributed by atoms with Crippen molar-refractivity contribution in [3.8, 4) is 11.5 Å². The van der Waals surface area contributed by atoms with E-state index in [0.29, 0.717) is 29.5 Å². The van der Waals surface area contributed by atoms with Gasteiger partial charge in [0.15, 0.2) is 23.0 Å². The third-order valence-corrected chi connectivity index (χ3v) is 5.40. The van der Waals surface area contributed by atoms with E-state index < -0.39 is 17.7 Å². The molecule has 0 saturated heterocycles. The third-order valence-electron chi connectivity index (χ3n) is 5.40. The van der Waals surface area contributed by atoms with Crippen molar-refractivity contribution in [1.82, 2.24) is 4.90 Å². The molecular formula is C22H31NO5. The molecule has 0 fully saturated rings. The van der Waals surface area contributed by atoms with Crippen LogP contribution in [0.4, 0.5) is 0 Å². The number of carbonyl (C=O) groups excluding carboxylic acids is 2. The number of ketones is 1. The van der Waals surface area contributed by atoms with Crippen molar-refractivity contribution in [3.63, 3.8) is 0 Å². The molecule has 0 aromatic heterocycles. The number of ether oxygens (including phenoxy) is 2. The molecule has 1 amide bonds. The van der Waals surface area contributed by atoms with Crippen LogP contribution in [-0.2, 0) is 9.59 Å². The van der Waals surface area contributed by atoms with Crippen LogP contribution in [0.15, 0.2) is 29.5 Å². The first-order chi connectivity index (χ1) is 13.4. The zero-order valence-electron chi connectivity index (χ0n) is 17.4. The monoisotopic (exact) mass is 389 g/mol. The Labute approximate surface area is 167 Å². The van der Waals surface area contributed by atoms with Crippen molar-refractivity contribution >= 4 is 11.7 Å². The van der Waals surface area contributed by atoms with Crippen LogP contribution in [0.5, 0.6) is 11.5 Å². The van der Waals surface area contributed by atoms with E-state index in [-0.39, 0.29) is 11.4 Å². The Balaban J connectivity index is 2.47. The number of nitrogens with zero attached hydrogens (tertiary/aromatic N) is 1. The summed E-state index contributed by atoms with van der Waals surface area (Å²) in [5.41, 5.74) is 0.855. The van der Waals surface area contributed by atoms with E-state index >= 15 is 0 Å². The fourth-order valence-corrected chi connectivity index (χ4v) is 3.77. The number of methoxy groups -OCH3 is 2. The highest BCUT2D eigenvalue weighted by Gasteiger charge is 2.43. The summed E-state index contributed by atoms with van der Waals surface area (Å²) in [6.07, 6.45) is 4.11. The summed E-state index contributed by atoms with van der Waals surface area (Å²) in [5, 5.41) is 10.4. The van der Waals surface area contributed by atoms with Crippen molar-refractivity contribution < 1.29 is 24.2 Å². The summed E-state index contributed by atoms with van der Waals surface area (Å²) in [7, 11) is 3.09. The Kier molecular flexibility index (Phi) is 7.49. The van der Waals surface area contributed by atoms with Gasteiger partial charge >= 0.3 is 0 Å². The second kappa shape index (κ2) is 9.62. The highest BCUT2D eigenvalue weighted by atomic mass is 16.5. The molecule has 0 radical (unpaired) electrons. The fraction of sp³-hybridized carbons (Fsp3) is 0.545. The van der Waals surface area contributed by atoms with E-state index in [2.05, 4.69) is 13.8 Å². The summed E-state index contributed by atoms with van der Waals surface area (Å²) in [4.78, 5) is 26.7. The van der Waals surface area contributed by atoms with Crippen LogP contribution in [-0.4, -0.2) is 42.5 Å². The molecule has 154 valence electrons. The van der Waals surface area contributed by atoms with Crippen LogP contribution in [0.1, 0.15) is 58.1 Å². The summed E-state index contributed by atoms with van der Waals surface area (Å²) >= 11 is 0. The average Bonchev–Trinajstić information content (AvgIpc) is 2.95. The van der Waals surface area contributed by atoms with Gasteiger partial charge in [0.2, 0.25) is 0 Å². The number of rotatable bonds is 10. The molecule has 28 heavy (non-hydrogen) atoms. The van der Waals surface area contributed by atoms with Crippen molar-refractivity contribution in [2.24, 2.45) is 5.92 Å². The number of hydrogen-bond donors (Lipinski definition) is 1. The van der Waals surface area contributed by atoms with Crippen LogP contribution in [0.3, 0.4) is 0 Å². The Bertz CT molecular complexity index is 755. The van der Waals surface area contributed by atoms with Gasteiger partial charge in [0.05, 0.1) is 25.8 Å². The number of aliphatic hydroxyl groups is 1. The Morgan fingerprint density at radius 1 is 1.21 bits per heavy atom. The van der Waals surface area contributed by atoms with E-state index in [1.165, 1.54) is 14.0 Å². The van der Waals surface area contributed by atoms with Gasteiger partial charge in [-0.25, -0.2) is 0 Å². The number of aliphatic hydroxyl groups excluding tert-OH is 1. The molecule has 1 aliphatic rings. The maximum atomic E-state index is 12.8. The number of unbranched alkanes of at least 4 members (excludes halogenated alkanes) is 1. The lowest BCUT2D eigenvalue weighted by Gasteiger charge is -2.30. The second-order valence-corrected chi connectivity index (χ2v) is 7.21. The number of benzene rings is 1. The van der Waals surface area contributed by atoms with Gasteiger partial charge in [-0.1, -0.05) is 39.2 Å². The number of hydrogen-bond acceptors (Lipinski definition) is 5. The largest absolute Gasteiger partial charge is 0.503 e. The molecule has 0 unspecified atom stereocenters. The van der Waals surface area contributed by atoms with Crippen molar-refractivity contribution in [1.29, 1.82) is 0 Å². The zero-order chi connectivity index (χ0) is 20.8. The first kappa shape index (κ1) is 21.8. The lowest BCUT2D eigenvalue weighted by Crippen LogP contribution is -2.35. The summed E-state index contributed by atoms with van der Waals surface area (Å²) in [5.74, 6) is 0.145. The molecule has 6 nitrogen and oxygen atoms in total. The fourth-order valence-electron chi connectivity index (χ4n) is 3.77. The lowest BCUT2D eigenvalue weighted by atomic mass is 9.94. The van der Waals surface area contributed by atoms with Gasteiger partial charge in [-0.2, -0.15) is 0 Å². The van der Waals surface area contributed by atoms with Crippen LogP contribution < -0.4 is 9.47 Å². The van der Waals surface area contributed by atoms with Gasteiger partial charge < -0.3 is 19.5 Å². The predicted octanol–water partition coefficient (Wildman–Crippen LogP) is 4.20. The van der Waals surface area contributed by atoms with Gasteiger partial charge in [0, 0.05) is 6.54 Å². The standard InChI is InChI=1S/C22H31NO5/c1-6-8-9-15(7-2)13-23-20(19(14(3)24)21(25)22(23)26)16-10-11-17(27-4)18(12-16)28-5/h10-12,15,20,25H,6-9,13H2,1-5H3/t15-,20-/m0/s1. The molecule has 0 saturated carbocycles. The SMILES string of the molecule is CCCC[C@H](CC)CN1C(=O)C(O)=C(C(C)=O)[C@@H]1c1ccc(OC)c(OC)c1. The highest BCUT2D eigenvalue weighted by Crippen LogP contribution is 2.41.